The number of piperazine rings is 1. The predicted molar refractivity (Wildman–Crippen MR) is 159 cm³/mol. The van der Waals surface area contributed by atoms with Crippen LogP contribution in [0.15, 0.2) is 60.7 Å². The van der Waals surface area contributed by atoms with Gasteiger partial charge in [0, 0.05) is 55.2 Å². The van der Waals surface area contributed by atoms with E-state index in [1.165, 1.54) is 14.2 Å². The number of anilines is 3. The molecule has 1 unspecified atom stereocenters. The summed E-state index contributed by atoms with van der Waals surface area (Å²) in [7, 11) is 4.75. The number of carbonyl (C=O) groups excluding carboxylic acids is 2. The van der Waals surface area contributed by atoms with E-state index in [1.807, 2.05) is 44.2 Å². The lowest BCUT2D eigenvalue weighted by molar-refractivity contribution is 0.0938. The topological polar surface area (TPSA) is 92.4 Å². The summed E-state index contributed by atoms with van der Waals surface area (Å²) in [5.74, 6) is 1.37. The largest absolute Gasteiger partial charge is 0.497 e. The van der Waals surface area contributed by atoms with Crippen LogP contribution >= 0.6 is 0 Å². The number of nitrogens with zero attached hydrogens (tertiary/aromatic N) is 2. The smallest absolute Gasteiger partial charge is 0.255 e. The van der Waals surface area contributed by atoms with Gasteiger partial charge in [-0.15, -0.1) is 0 Å². The van der Waals surface area contributed by atoms with Gasteiger partial charge in [-0.1, -0.05) is 19.1 Å². The Balaban J connectivity index is 1.57. The molecule has 3 aromatic carbocycles. The predicted octanol–water partition coefficient (Wildman–Crippen LogP) is 4.82. The van der Waals surface area contributed by atoms with Crippen LogP contribution in [0.2, 0.25) is 0 Å². The molecule has 40 heavy (non-hydrogen) atoms. The molecule has 2 amide bonds. The lowest BCUT2D eigenvalue weighted by atomic mass is 10.1. The Labute approximate surface area is 236 Å². The van der Waals surface area contributed by atoms with E-state index >= 15 is 0 Å². The number of benzene rings is 3. The van der Waals surface area contributed by atoms with Crippen molar-refractivity contribution < 1.29 is 23.8 Å². The maximum absolute atomic E-state index is 13.4. The minimum atomic E-state index is -0.330. The molecular formula is C31H38N4O5. The first-order valence-electron chi connectivity index (χ1n) is 13.5. The first-order chi connectivity index (χ1) is 19.4. The van der Waals surface area contributed by atoms with Crippen LogP contribution in [0.1, 0.15) is 41.0 Å². The number of amides is 2. The average molecular weight is 547 g/mol. The summed E-state index contributed by atoms with van der Waals surface area (Å²) in [5, 5.41) is 6.00. The van der Waals surface area contributed by atoms with Gasteiger partial charge in [0.05, 0.1) is 32.6 Å². The normalized spacial score (nSPS) is 13.8. The molecule has 212 valence electrons. The minimum absolute atomic E-state index is 0.0187. The molecule has 1 atom stereocenters. The maximum Gasteiger partial charge on any atom is 0.255 e. The summed E-state index contributed by atoms with van der Waals surface area (Å²) in [6, 6.07) is 18.5. The average Bonchev–Trinajstić information content (AvgIpc) is 3.00. The van der Waals surface area contributed by atoms with Gasteiger partial charge in [-0.05, 0) is 55.8 Å². The molecule has 4 rings (SSSR count). The van der Waals surface area contributed by atoms with Crippen molar-refractivity contribution in [1.82, 2.24) is 5.32 Å². The highest BCUT2D eigenvalue weighted by atomic mass is 16.5. The number of carbonyl (C=O) groups is 2. The van der Waals surface area contributed by atoms with Crippen molar-refractivity contribution in [3.05, 3.63) is 71.8 Å². The quantitative estimate of drug-likeness (QED) is 0.377. The fourth-order valence-electron chi connectivity index (χ4n) is 4.70. The van der Waals surface area contributed by atoms with E-state index in [9.17, 15) is 9.59 Å². The number of hydrogen-bond acceptors (Lipinski definition) is 7. The second-order valence-electron chi connectivity index (χ2n) is 9.72. The first kappa shape index (κ1) is 28.6. The molecule has 0 radical (unpaired) electrons. The summed E-state index contributed by atoms with van der Waals surface area (Å²) in [4.78, 5) is 31.0. The molecular weight excluding hydrogens is 508 g/mol. The van der Waals surface area contributed by atoms with Crippen LogP contribution in [0.4, 0.5) is 17.1 Å². The Morgan fingerprint density at radius 3 is 2.02 bits per heavy atom. The highest BCUT2D eigenvalue weighted by molar-refractivity contribution is 6.06. The number of methoxy groups -OCH3 is 3. The summed E-state index contributed by atoms with van der Waals surface area (Å²) in [6.07, 6.45) is 0.812. The summed E-state index contributed by atoms with van der Waals surface area (Å²) >= 11 is 0. The zero-order chi connectivity index (χ0) is 28.6. The summed E-state index contributed by atoms with van der Waals surface area (Å²) in [6.45, 7) is 7.03. The minimum Gasteiger partial charge on any atom is -0.497 e. The molecule has 0 spiro atoms. The molecule has 1 aliphatic rings. The van der Waals surface area contributed by atoms with E-state index in [1.54, 1.807) is 31.4 Å². The van der Waals surface area contributed by atoms with E-state index in [0.717, 1.165) is 49.7 Å². The van der Waals surface area contributed by atoms with E-state index in [-0.39, 0.29) is 17.9 Å². The van der Waals surface area contributed by atoms with Crippen molar-refractivity contribution in [1.29, 1.82) is 0 Å². The lowest BCUT2D eigenvalue weighted by Gasteiger charge is -2.38. The molecule has 3 aromatic rings. The maximum atomic E-state index is 13.4. The Bertz CT molecular complexity index is 1310. The van der Waals surface area contributed by atoms with Gasteiger partial charge < -0.3 is 34.6 Å². The molecule has 1 fully saturated rings. The van der Waals surface area contributed by atoms with Crippen molar-refractivity contribution >= 4 is 28.9 Å². The number of hydrogen-bond donors (Lipinski definition) is 2. The zero-order valence-corrected chi connectivity index (χ0v) is 23.8. The van der Waals surface area contributed by atoms with Crippen LogP contribution in [0, 0.1) is 0 Å². The molecule has 9 heteroatoms. The molecule has 9 nitrogen and oxygen atoms in total. The van der Waals surface area contributed by atoms with E-state index < -0.39 is 0 Å². The molecule has 1 aliphatic heterocycles. The third-order valence-corrected chi connectivity index (χ3v) is 7.15. The Morgan fingerprint density at radius 2 is 1.43 bits per heavy atom. The van der Waals surface area contributed by atoms with Gasteiger partial charge in [0.25, 0.3) is 11.8 Å². The SMILES string of the molecule is CCC(C)NC(=O)c1cc(NC(=O)c2cc(OC)cc(OC)c2)ccc1N1CCN(c2ccccc2OC)CC1. The zero-order valence-electron chi connectivity index (χ0n) is 23.8. The van der Waals surface area contributed by atoms with Gasteiger partial charge in [-0.3, -0.25) is 9.59 Å². The van der Waals surface area contributed by atoms with Gasteiger partial charge in [0.2, 0.25) is 0 Å². The Morgan fingerprint density at radius 1 is 0.800 bits per heavy atom. The lowest BCUT2D eigenvalue weighted by Crippen LogP contribution is -2.47. The van der Waals surface area contributed by atoms with Crippen molar-refractivity contribution in [3.8, 4) is 17.2 Å². The highest BCUT2D eigenvalue weighted by Gasteiger charge is 2.24. The number of rotatable bonds is 10. The van der Waals surface area contributed by atoms with Crippen LogP contribution in [0.3, 0.4) is 0 Å². The molecule has 0 saturated carbocycles. The number of ether oxygens (including phenoxy) is 3. The highest BCUT2D eigenvalue weighted by Crippen LogP contribution is 2.31. The molecule has 0 aliphatic carbocycles. The third-order valence-electron chi connectivity index (χ3n) is 7.15. The molecule has 1 heterocycles. The van der Waals surface area contributed by atoms with Crippen LogP contribution in [0.25, 0.3) is 0 Å². The van der Waals surface area contributed by atoms with Crippen LogP contribution < -0.4 is 34.6 Å². The fraction of sp³-hybridized carbons (Fsp3) is 0.355. The first-order valence-corrected chi connectivity index (χ1v) is 13.5. The fourth-order valence-corrected chi connectivity index (χ4v) is 4.70. The van der Waals surface area contributed by atoms with Gasteiger partial charge in [-0.2, -0.15) is 0 Å². The number of para-hydroxylation sites is 2. The van der Waals surface area contributed by atoms with E-state index in [0.29, 0.717) is 28.3 Å². The van der Waals surface area contributed by atoms with Crippen LogP contribution in [-0.2, 0) is 0 Å². The summed E-state index contributed by atoms with van der Waals surface area (Å²) < 4.78 is 16.2. The van der Waals surface area contributed by atoms with Gasteiger partial charge in [0.15, 0.2) is 0 Å². The van der Waals surface area contributed by atoms with Crippen molar-refractivity contribution in [3.63, 3.8) is 0 Å². The van der Waals surface area contributed by atoms with Gasteiger partial charge in [-0.25, -0.2) is 0 Å². The Kier molecular flexibility index (Phi) is 9.37. The molecule has 0 bridgehead atoms. The number of nitrogens with one attached hydrogen (secondary N) is 2. The Hall–Kier alpha value is -4.40. The van der Waals surface area contributed by atoms with E-state index in [2.05, 4.69) is 26.5 Å². The molecule has 0 aromatic heterocycles. The molecule has 1 saturated heterocycles. The van der Waals surface area contributed by atoms with Crippen LogP contribution in [0.5, 0.6) is 17.2 Å². The summed E-state index contributed by atoms with van der Waals surface area (Å²) in [5.41, 5.74) is 3.33. The molecule has 2 N–H and O–H groups in total. The standard InChI is InChI=1S/C31H38N4O5/c1-6-21(2)32-31(37)26-19-23(33-30(36)22-17-24(38-3)20-25(18-22)39-4)11-12-27(26)34-13-15-35(16-14-34)28-9-7-8-10-29(28)40-5/h7-12,17-21H,6,13-16H2,1-5H3,(H,32,37)(H,33,36). The van der Waals surface area contributed by atoms with Gasteiger partial charge in [0.1, 0.15) is 17.2 Å². The van der Waals surface area contributed by atoms with Crippen LogP contribution in [-0.4, -0.2) is 65.4 Å². The van der Waals surface area contributed by atoms with E-state index in [4.69, 9.17) is 14.2 Å². The van der Waals surface area contributed by atoms with Crippen molar-refractivity contribution in [2.75, 3.05) is 62.6 Å². The van der Waals surface area contributed by atoms with Crippen molar-refractivity contribution in [2.45, 2.75) is 26.3 Å². The third kappa shape index (κ3) is 6.59. The van der Waals surface area contributed by atoms with Crippen molar-refractivity contribution in [2.24, 2.45) is 0 Å². The van der Waals surface area contributed by atoms with Gasteiger partial charge >= 0.3 is 0 Å². The second-order valence-corrected chi connectivity index (χ2v) is 9.72. The monoisotopic (exact) mass is 546 g/mol. The second kappa shape index (κ2) is 13.1.